The van der Waals surface area contributed by atoms with E-state index in [1.54, 1.807) is 11.6 Å². The van der Waals surface area contributed by atoms with Gasteiger partial charge in [0.05, 0.1) is 17.3 Å². The van der Waals surface area contributed by atoms with Crippen molar-refractivity contribution in [1.29, 1.82) is 0 Å². The van der Waals surface area contributed by atoms with Crippen LogP contribution >= 0.6 is 0 Å². The molecule has 0 spiro atoms. The second-order valence-corrected chi connectivity index (χ2v) is 5.11. The highest BCUT2D eigenvalue weighted by Crippen LogP contribution is 2.17. The van der Waals surface area contributed by atoms with Crippen LogP contribution in [0.25, 0.3) is 11.0 Å². The number of imidazole rings is 1. The average Bonchev–Trinajstić information content (AvgIpc) is 2.42. The van der Waals surface area contributed by atoms with Crippen LogP contribution in [0.2, 0.25) is 0 Å². The molecule has 80 valence electrons. The molecule has 0 amide bonds. The molecule has 0 bridgehead atoms. The summed E-state index contributed by atoms with van der Waals surface area (Å²) in [6, 6.07) is 7.46. The van der Waals surface area contributed by atoms with Gasteiger partial charge in [0, 0.05) is 7.05 Å². The van der Waals surface area contributed by atoms with Crippen molar-refractivity contribution in [3.63, 3.8) is 0 Å². The van der Waals surface area contributed by atoms with E-state index < -0.39 is 10.0 Å². The van der Waals surface area contributed by atoms with Gasteiger partial charge >= 0.3 is 0 Å². The topological polar surface area (TPSA) is 64.0 Å². The molecular weight excluding hydrogens is 214 g/mol. The Labute approximate surface area is 87.8 Å². The van der Waals surface area contributed by atoms with Crippen molar-refractivity contribution in [2.45, 2.75) is 0 Å². The zero-order valence-electron chi connectivity index (χ0n) is 8.43. The third-order valence-electron chi connectivity index (χ3n) is 2.06. The highest BCUT2D eigenvalue weighted by atomic mass is 32.2. The maximum absolute atomic E-state index is 11.1. The molecule has 1 N–H and O–H groups in total. The summed E-state index contributed by atoms with van der Waals surface area (Å²) in [4.78, 5) is 4.17. The first-order valence-corrected chi connectivity index (χ1v) is 6.26. The number of aromatic nitrogens is 2. The van der Waals surface area contributed by atoms with Gasteiger partial charge in [-0.2, -0.15) is 0 Å². The Bertz CT molecular complexity index is 601. The van der Waals surface area contributed by atoms with Gasteiger partial charge in [0.2, 0.25) is 16.0 Å². The third-order valence-corrected chi connectivity index (χ3v) is 2.62. The molecule has 0 aliphatic rings. The van der Waals surface area contributed by atoms with Gasteiger partial charge in [0.1, 0.15) is 0 Å². The van der Waals surface area contributed by atoms with Crippen molar-refractivity contribution in [3.05, 3.63) is 24.3 Å². The fourth-order valence-corrected chi connectivity index (χ4v) is 1.92. The summed E-state index contributed by atoms with van der Waals surface area (Å²) in [6.45, 7) is 0. The van der Waals surface area contributed by atoms with E-state index >= 15 is 0 Å². The van der Waals surface area contributed by atoms with Crippen molar-refractivity contribution in [1.82, 2.24) is 9.55 Å². The highest BCUT2D eigenvalue weighted by molar-refractivity contribution is 7.92. The minimum atomic E-state index is -3.28. The van der Waals surface area contributed by atoms with E-state index in [9.17, 15) is 8.42 Å². The Morgan fingerprint density at radius 3 is 2.60 bits per heavy atom. The maximum atomic E-state index is 11.1. The Hall–Kier alpha value is -1.56. The molecule has 0 saturated carbocycles. The first kappa shape index (κ1) is 9.97. The fourth-order valence-electron chi connectivity index (χ4n) is 1.40. The van der Waals surface area contributed by atoms with Crippen LogP contribution in [0.5, 0.6) is 0 Å². The molecule has 0 unspecified atom stereocenters. The summed E-state index contributed by atoms with van der Waals surface area (Å²) in [6.07, 6.45) is 1.10. The van der Waals surface area contributed by atoms with Gasteiger partial charge in [0.25, 0.3) is 0 Å². The molecule has 2 rings (SSSR count). The minimum Gasteiger partial charge on any atom is -0.313 e. The predicted molar refractivity (Wildman–Crippen MR) is 59.2 cm³/mol. The first-order valence-electron chi connectivity index (χ1n) is 4.36. The second kappa shape index (κ2) is 3.23. The van der Waals surface area contributed by atoms with Crippen LogP contribution in [0.4, 0.5) is 5.95 Å². The number of nitrogens with zero attached hydrogens (tertiary/aromatic N) is 2. The van der Waals surface area contributed by atoms with E-state index in [1.807, 2.05) is 24.3 Å². The summed E-state index contributed by atoms with van der Waals surface area (Å²) >= 11 is 0. The highest BCUT2D eigenvalue weighted by Gasteiger charge is 2.10. The molecule has 1 aromatic carbocycles. The predicted octanol–water partition coefficient (Wildman–Crippen LogP) is 0.945. The zero-order chi connectivity index (χ0) is 11.1. The van der Waals surface area contributed by atoms with Crippen LogP contribution in [-0.4, -0.2) is 24.2 Å². The molecule has 0 saturated heterocycles. The van der Waals surface area contributed by atoms with Gasteiger partial charge < -0.3 is 4.57 Å². The zero-order valence-corrected chi connectivity index (χ0v) is 9.25. The standard InChI is InChI=1S/C9H11N3O2S/c1-12-8-6-4-3-5-7(8)10-9(12)11-15(2,13)14/h3-6H,1-2H3,(H,10,11). The van der Waals surface area contributed by atoms with Crippen molar-refractivity contribution in [2.24, 2.45) is 7.05 Å². The van der Waals surface area contributed by atoms with E-state index in [0.717, 1.165) is 17.3 Å². The SMILES string of the molecule is Cn1c(NS(C)(=O)=O)nc2ccccc21. The van der Waals surface area contributed by atoms with Gasteiger partial charge in [-0.25, -0.2) is 13.4 Å². The number of benzene rings is 1. The fraction of sp³-hybridized carbons (Fsp3) is 0.222. The Morgan fingerprint density at radius 1 is 1.33 bits per heavy atom. The second-order valence-electron chi connectivity index (χ2n) is 3.36. The summed E-state index contributed by atoms with van der Waals surface area (Å²) in [5.41, 5.74) is 1.66. The smallest absolute Gasteiger partial charge is 0.232 e. The van der Waals surface area contributed by atoms with Gasteiger partial charge in [-0.3, -0.25) is 4.72 Å². The van der Waals surface area contributed by atoms with Crippen LogP contribution in [0.1, 0.15) is 0 Å². The molecule has 0 aliphatic heterocycles. The number of aryl methyl sites for hydroxylation is 1. The number of hydrogen-bond acceptors (Lipinski definition) is 3. The Morgan fingerprint density at radius 2 is 2.00 bits per heavy atom. The van der Waals surface area contributed by atoms with Crippen molar-refractivity contribution >= 4 is 27.0 Å². The molecule has 15 heavy (non-hydrogen) atoms. The van der Waals surface area contributed by atoms with Crippen LogP contribution < -0.4 is 4.72 Å². The molecule has 0 radical (unpaired) electrons. The number of para-hydroxylation sites is 2. The lowest BCUT2D eigenvalue weighted by atomic mass is 10.3. The monoisotopic (exact) mass is 225 g/mol. The van der Waals surface area contributed by atoms with Crippen LogP contribution in [0.3, 0.4) is 0 Å². The number of anilines is 1. The largest absolute Gasteiger partial charge is 0.313 e. The van der Waals surface area contributed by atoms with Gasteiger partial charge in [0.15, 0.2) is 0 Å². The van der Waals surface area contributed by atoms with Gasteiger partial charge in [-0.05, 0) is 12.1 Å². The number of fused-ring (bicyclic) bond motifs is 1. The molecule has 0 atom stereocenters. The number of rotatable bonds is 2. The average molecular weight is 225 g/mol. The third kappa shape index (κ3) is 1.94. The van der Waals surface area contributed by atoms with Crippen LogP contribution in [-0.2, 0) is 17.1 Å². The first-order chi connectivity index (χ1) is 6.97. The maximum Gasteiger partial charge on any atom is 0.232 e. The van der Waals surface area contributed by atoms with Crippen LogP contribution in [0, 0.1) is 0 Å². The van der Waals surface area contributed by atoms with E-state index in [2.05, 4.69) is 9.71 Å². The molecular formula is C9H11N3O2S. The van der Waals surface area contributed by atoms with Gasteiger partial charge in [-0.15, -0.1) is 0 Å². The number of hydrogen-bond donors (Lipinski definition) is 1. The number of nitrogens with one attached hydrogen (secondary N) is 1. The molecule has 1 heterocycles. The van der Waals surface area contributed by atoms with E-state index in [0.29, 0.717) is 5.95 Å². The molecule has 6 heteroatoms. The Kier molecular flexibility index (Phi) is 2.15. The lowest BCUT2D eigenvalue weighted by Crippen LogP contribution is -2.13. The normalized spacial score (nSPS) is 11.9. The van der Waals surface area contributed by atoms with Crippen molar-refractivity contribution in [2.75, 3.05) is 11.0 Å². The van der Waals surface area contributed by atoms with Crippen LogP contribution in [0.15, 0.2) is 24.3 Å². The lowest BCUT2D eigenvalue weighted by Gasteiger charge is -2.02. The Balaban J connectivity index is 2.58. The quantitative estimate of drug-likeness (QED) is 0.827. The van der Waals surface area contributed by atoms with E-state index in [-0.39, 0.29) is 0 Å². The van der Waals surface area contributed by atoms with E-state index in [4.69, 9.17) is 0 Å². The molecule has 0 fully saturated rings. The molecule has 2 aromatic rings. The lowest BCUT2D eigenvalue weighted by molar-refractivity contribution is 0.606. The summed E-state index contributed by atoms with van der Waals surface area (Å²) in [5.74, 6) is 0.332. The summed E-state index contributed by atoms with van der Waals surface area (Å²) in [5, 5.41) is 0. The van der Waals surface area contributed by atoms with Crippen molar-refractivity contribution in [3.8, 4) is 0 Å². The van der Waals surface area contributed by atoms with Gasteiger partial charge in [-0.1, -0.05) is 12.1 Å². The van der Waals surface area contributed by atoms with E-state index in [1.165, 1.54) is 0 Å². The molecule has 0 aliphatic carbocycles. The minimum absolute atomic E-state index is 0.332. The summed E-state index contributed by atoms with van der Waals surface area (Å²) in [7, 11) is -1.51. The molecule has 1 aromatic heterocycles. The molecule has 5 nitrogen and oxygen atoms in total. The van der Waals surface area contributed by atoms with Crippen molar-refractivity contribution < 1.29 is 8.42 Å². The summed E-state index contributed by atoms with van der Waals surface area (Å²) < 4.78 is 26.2. The number of sulfonamides is 1.